The number of fused-ring (bicyclic) bond motifs is 4. The molecule has 1 aliphatic carbocycles. The van der Waals surface area contributed by atoms with E-state index in [2.05, 4.69) is 54.6 Å². The van der Waals surface area contributed by atoms with E-state index in [-0.39, 0.29) is 23.9 Å². The lowest BCUT2D eigenvalue weighted by Gasteiger charge is -2.45. The third kappa shape index (κ3) is 1.54. The minimum absolute atomic E-state index is 0.0855. The maximum absolute atomic E-state index is 6.83. The highest BCUT2D eigenvalue weighted by Crippen LogP contribution is 2.68. The van der Waals surface area contributed by atoms with Crippen LogP contribution < -0.4 is 0 Å². The molecule has 1 saturated carbocycles. The number of ether oxygens (including phenoxy) is 2. The van der Waals surface area contributed by atoms with Crippen LogP contribution in [0.4, 0.5) is 0 Å². The van der Waals surface area contributed by atoms with Crippen molar-refractivity contribution in [3.8, 4) is 0 Å². The van der Waals surface area contributed by atoms with Crippen molar-refractivity contribution in [2.75, 3.05) is 0 Å². The summed E-state index contributed by atoms with van der Waals surface area (Å²) in [4.78, 5) is 0. The van der Waals surface area contributed by atoms with Gasteiger partial charge in [0.1, 0.15) is 5.60 Å². The van der Waals surface area contributed by atoms with E-state index in [0.717, 1.165) is 6.42 Å². The van der Waals surface area contributed by atoms with Gasteiger partial charge in [0.25, 0.3) is 0 Å². The van der Waals surface area contributed by atoms with Crippen molar-refractivity contribution < 1.29 is 9.47 Å². The quantitative estimate of drug-likeness (QED) is 0.742. The Balaban J connectivity index is 1.59. The summed E-state index contributed by atoms with van der Waals surface area (Å²) in [7, 11) is 0. The van der Waals surface area contributed by atoms with E-state index in [1.54, 1.807) is 0 Å². The maximum Gasteiger partial charge on any atom is 0.108 e. The molecule has 0 N–H and O–H groups in total. The molecular weight excluding hydrogens is 296 g/mol. The van der Waals surface area contributed by atoms with Crippen LogP contribution in [0.15, 0.2) is 54.6 Å². The Morgan fingerprint density at radius 1 is 0.875 bits per heavy atom. The Kier molecular flexibility index (Phi) is 2.67. The topological polar surface area (TPSA) is 18.5 Å². The van der Waals surface area contributed by atoms with Gasteiger partial charge in [0.05, 0.1) is 18.3 Å². The Hall–Kier alpha value is -1.64. The molecular formula is C22H22O2. The molecule has 2 aromatic rings. The van der Waals surface area contributed by atoms with Gasteiger partial charge < -0.3 is 9.47 Å². The van der Waals surface area contributed by atoms with Crippen LogP contribution in [0.1, 0.15) is 60.5 Å². The summed E-state index contributed by atoms with van der Waals surface area (Å²) in [5.41, 5.74) is 4.11. The molecule has 2 aromatic carbocycles. The zero-order valence-electron chi connectivity index (χ0n) is 13.7. The van der Waals surface area contributed by atoms with Crippen LogP contribution in [0.2, 0.25) is 0 Å². The zero-order valence-corrected chi connectivity index (χ0v) is 13.7. The fourth-order valence-corrected chi connectivity index (χ4v) is 6.08. The van der Waals surface area contributed by atoms with E-state index in [1.807, 2.05) is 0 Å². The first-order valence-corrected chi connectivity index (χ1v) is 9.35. The Bertz CT molecular complexity index is 786. The van der Waals surface area contributed by atoms with Gasteiger partial charge in [0, 0.05) is 5.92 Å². The Labute approximate surface area is 142 Å². The Morgan fingerprint density at radius 3 is 2.54 bits per heavy atom. The molecule has 24 heavy (non-hydrogen) atoms. The highest BCUT2D eigenvalue weighted by Gasteiger charge is 2.69. The third-order valence-corrected chi connectivity index (χ3v) is 6.91. The van der Waals surface area contributed by atoms with Crippen LogP contribution in [0, 0.1) is 5.92 Å². The van der Waals surface area contributed by atoms with Gasteiger partial charge in [-0.3, -0.25) is 0 Å². The highest BCUT2D eigenvalue weighted by molar-refractivity contribution is 5.44. The van der Waals surface area contributed by atoms with Crippen LogP contribution in [0.25, 0.3) is 0 Å². The molecule has 6 rings (SSSR count). The lowest BCUT2D eigenvalue weighted by atomic mass is 9.65. The molecule has 6 atom stereocenters. The molecule has 3 heterocycles. The summed E-state index contributed by atoms with van der Waals surface area (Å²) in [5, 5.41) is 0. The molecule has 0 radical (unpaired) electrons. The molecule has 122 valence electrons. The average Bonchev–Trinajstić information content (AvgIpc) is 3.16. The minimum atomic E-state index is -0.0855. The van der Waals surface area contributed by atoms with Crippen LogP contribution in [0.3, 0.4) is 0 Å². The largest absolute Gasteiger partial charge is 0.366 e. The van der Waals surface area contributed by atoms with Gasteiger partial charge in [0.15, 0.2) is 0 Å². The SMILES string of the molecule is c1ccc([C@@H]2O[C@@H]3CCC[C@@H]4C[C@@H]5O[C@@]43[C@@H]2c2ccccc25)cc1. The third-order valence-electron chi connectivity index (χ3n) is 6.91. The lowest BCUT2D eigenvalue weighted by molar-refractivity contribution is -0.131. The van der Waals surface area contributed by atoms with Crippen molar-refractivity contribution in [1.29, 1.82) is 0 Å². The van der Waals surface area contributed by atoms with Crippen molar-refractivity contribution >= 4 is 0 Å². The van der Waals surface area contributed by atoms with Crippen LogP contribution in [-0.2, 0) is 9.47 Å². The molecule has 2 nitrogen and oxygen atoms in total. The van der Waals surface area contributed by atoms with E-state index in [9.17, 15) is 0 Å². The predicted molar refractivity (Wildman–Crippen MR) is 91.8 cm³/mol. The second-order valence-electron chi connectivity index (χ2n) is 7.89. The predicted octanol–water partition coefficient (Wildman–Crippen LogP) is 4.92. The van der Waals surface area contributed by atoms with Gasteiger partial charge in [-0.2, -0.15) is 0 Å². The summed E-state index contributed by atoms with van der Waals surface area (Å²) in [6.07, 6.45) is 5.54. The molecule has 1 spiro atoms. The second-order valence-corrected chi connectivity index (χ2v) is 7.89. The zero-order chi connectivity index (χ0) is 15.7. The molecule has 3 aliphatic heterocycles. The fourth-order valence-electron chi connectivity index (χ4n) is 6.08. The van der Waals surface area contributed by atoms with Gasteiger partial charge in [-0.05, 0) is 41.9 Å². The summed E-state index contributed by atoms with van der Waals surface area (Å²) < 4.78 is 13.5. The van der Waals surface area contributed by atoms with Gasteiger partial charge in [0.2, 0.25) is 0 Å². The van der Waals surface area contributed by atoms with Crippen LogP contribution in [-0.4, -0.2) is 11.7 Å². The van der Waals surface area contributed by atoms with Crippen molar-refractivity contribution in [3.05, 3.63) is 71.3 Å². The summed E-state index contributed by atoms with van der Waals surface area (Å²) in [5.74, 6) is 0.984. The first-order valence-electron chi connectivity index (χ1n) is 9.35. The maximum atomic E-state index is 6.83. The lowest BCUT2D eigenvalue weighted by Crippen LogP contribution is -2.51. The summed E-state index contributed by atoms with van der Waals surface area (Å²) >= 11 is 0. The normalized spacial score (nSPS) is 41.8. The fraction of sp³-hybridized carbons (Fsp3) is 0.455. The average molecular weight is 318 g/mol. The molecule has 0 amide bonds. The number of hydrogen-bond donors (Lipinski definition) is 0. The van der Waals surface area contributed by atoms with E-state index < -0.39 is 0 Å². The summed E-state index contributed by atoms with van der Waals surface area (Å²) in [6.45, 7) is 0. The van der Waals surface area contributed by atoms with E-state index in [1.165, 1.54) is 36.0 Å². The van der Waals surface area contributed by atoms with Crippen molar-refractivity contribution in [2.45, 2.75) is 55.5 Å². The second kappa shape index (κ2) is 4.71. The number of benzene rings is 2. The van der Waals surface area contributed by atoms with Crippen molar-refractivity contribution in [3.63, 3.8) is 0 Å². The van der Waals surface area contributed by atoms with Crippen molar-refractivity contribution in [1.82, 2.24) is 0 Å². The highest BCUT2D eigenvalue weighted by atomic mass is 16.6. The van der Waals surface area contributed by atoms with E-state index in [4.69, 9.17) is 9.47 Å². The van der Waals surface area contributed by atoms with E-state index in [0.29, 0.717) is 11.8 Å². The van der Waals surface area contributed by atoms with E-state index >= 15 is 0 Å². The molecule has 2 bridgehead atoms. The Morgan fingerprint density at radius 2 is 1.67 bits per heavy atom. The standard InChI is InChI=1S/C22H22O2/c1-2-7-14(8-3-1)21-20-17-11-5-4-10-16(17)18-13-15-9-6-12-19(23-21)22(15,20)24-18/h1-5,7-8,10-11,15,18-21H,6,9,12-13H2/t15-,18+,19-,20-,21+,22+/m1/s1. The van der Waals surface area contributed by atoms with Gasteiger partial charge >= 0.3 is 0 Å². The minimum Gasteiger partial charge on any atom is -0.366 e. The number of rotatable bonds is 1. The van der Waals surface area contributed by atoms with Gasteiger partial charge in [-0.25, -0.2) is 0 Å². The summed E-state index contributed by atoms with van der Waals surface area (Å²) in [6, 6.07) is 19.7. The molecule has 2 heteroatoms. The molecule has 3 fully saturated rings. The van der Waals surface area contributed by atoms with Crippen molar-refractivity contribution in [2.24, 2.45) is 5.92 Å². The number of hydrogen-bond acceptors (Lipinski definition) is 2. The smallest absolute Gasteiger partial charge is 0.108 e. The molecule has 2 saturated heterocycles. The van der Waals surface area contributed by atoms with Gasteiger partial charge in [-0.15, -0.1) is 0 Å². The monoisotopic (exact) mass is 318 g/mol. The molecule has 0 unspecified atom stereocenters. The van der Waals surface area contributed by atoms with Crippen LogP contribution >= 0.6 is 0 Å². The first-order chi connectivity index (χ1) is 11.9. The van der Waals surface area contributed by atoms with Gasteiger partial charge in [-0.1, -0.05) is 61.0 Å². The molecule has 0 aromatic heterocycles. The van der Waals surface area contributed by atoms with Crippen LogP contribution in [0.5, 0.6) is 0 Å². The molecule has 4 aliphatic rings. The first kappa shape index (κ1) is 13.6.